The molecule has 0 aliphatic rings. The van der Waals surface area contributed by atoms with Crippen molar-refractivity contribution in [3.63, 3.8) is 0 Å². The molecule has 0 saturated carbocycles. The molecule has 0 fully saturated rings. The van der Waals surface area contributed by atoms with Crippen LogP contribution in [0.15, 0.2) is 66.9 Å². The highest BCUT2D eigenvalue weighted by Gasteiger charge is 2.11. The normalized spacial score (nSPS) is 10.4. The Labute approximate surface area is 140 Å². The standard InChI is InChI=1S/C20H17NO3/c1-14-18(11-12-21-19(14)24-20(22)23)17-9-7-16(8-10-17)13-15-5-3-2-4-6-15/h2-12H,13H2,1H3,(H,22,23). The summed E-state index contributed by atoms with van der Waals surface area (Å²) in [5, 5.41) is 8.77. The van der Waals surface area contributed by atoms with Crippen LogP contribution in [0.3, 0.4) is 0 Å². The van der Waals surface area contributed by atoms with E-state index in [-0.39, 0.29) is 5.88 Å². The molecular weight excluding hydrogens is 302 g/mol. The van der Waals surface area contributed by atoms with Gasteiger partial charge in [0.25, 0.3) is 0 Å². The minimum Gasteiger partial charge on any atom is -0.449 e. The highest BCUT2D eigenvalue weighted by Crippen LogP contribution is 2.28. The first-order valence-corrected chi connectivity index (χ1v) is 7.63. The molecule has 4 nitrogen and oxygen atoms in total. The summed E-state index contributed by atoms with van der Waals surface area (Å²) < 4.78 is 4.72. The van der Waals surface area contributed by atoms with Crippen LogP contribution in [0.5, 0.6) is 5.88 Å². The quantitative estimate of drug-likeness (QED) is 0.708. The van der Waals surface area contributed by atoms with Gasteiger partial charge in [-0.15, -0.1) is 0 Å². The Kier molecular flexibility index (Phi) is 4.57. The number of hydrogen-bond donors (Lipinski definition) is 1. The van der Waals surface area contributed by atoms with Gasteiger partial charge >= 0.3 is 6.16 Å². The number of benzene rings is 2. The Bertz CT molecular complexity index is 843. The highest BCUT2D eigenvalue weighted by molar-refractivity contribution is 5.70. The van der Waals surface area contributed by atoms with E-state index in [0.29, 0.717) is 5.56 Å². The van der Waals surface area contributed by atoms with Crippen LogP contribution in [0.1, 0.15) is 16.7 Å². The van der Waals surface area contributed by atoms with E-state index in [0.717, 1.165) is 17.5 Å². The Morgan fingerprint density at radius 1 is 1.00 bits per heavy atom. The van der Waals surface area contributed by atoms with Gasteiger partial charge in [-0.1, -0.05) is 54.6 Å². The fourth-order valence-electron chi connectivity index (χ4n) is 2.65. The Balaban J connectivity index is 1.84. The van der Waals surface area contributed by atoms with Crippen LogP contribution >= 0.6 is 0 Å². The van der Waals surface area contributed by atoms with E-state index >= 15 is 0 Å². The number of nitrogens with zero attached hydrogens (tertiary/aromatic N) is 1. The number of rotatable bonds is 4. The zero-order valence-corrected chi connectivity index (χ0v) is 13.3. The van der Waals surface area contributed by atoms with Crippen LogP contribution in [0, 0.1) is 6.92 Å². The van der Waals surface area contributed by atoms with E-state index in [2.05, 4.69) is 29.2 Å². The number of carbonyl (C=O) groups is 1. The lowest BCUT2D eigenvalue weighted by Crippen LogP contribution is -2.06. The van der Waals surface area contributed by atoms with Crippen molar-refractivity contribution in [2.24, 2.45) is 0 Å². The lowest BCUT2D eigenvalue weighted by atomic mass is 9.98. The monoisotopic (exact) mass is 319 g/mol. The van der Waals surface area contributed by atoms with Crippen molar-refractivity contribution in [1.29, 1.82) is 0 Å². The minimum absolute atomic E-state index is 0.119. The van der Waals surface area contributed by atoms with E-state index < -0.39 is 6.16 Å². The summed E-state index contributed by atoms with van der Waals surface area (Å²) in [6, 6.07) is 20.4. The molecule has 0 unspecified atom stereocenters. The predicted octanol–water partition coefficient (Wildman–Crippen LogP) is 4.70. The Morgan fingerprint density at radius 3 is 2.33 bits per heavy atom. The zero-order valence-electron chi connectivity index (χ0n) is 13.3. The molecule has 4 heteroatoms. The third-order valence-corrected chi connectivity index (χ3v) is 3.86. The maximum Gasteiger partial charge on any atom is 0.512 e. The molecule has 1 aromatic heterocycles. The van der Waals surface area contributed by atoms with E-state index in [1.807, 2.05) is 36.4 Å². The maximum absolute atomic E-state index is 10.7. The summed E-state index contributed by atoms with van der Waals surface area (Å²) in [6.45, 7) is 1.80. The zero-order chi connectivity index (χ0) is 16.9. The first kappa shape index (κ1) is 15.7. The third-order valence-electron chi connectivity index (χ3n) is 3.86. The molecule has 0 amide bonds. The Hall–Kier alpha value is -3.14. The van der Waals surface area contributed by atoms with Crippen molar-refractivity contribution in [2.45, 2.75) is 13.3 Å². The minimum atomic E-state index is -1.36. The van der Waals surface area contributed by atoms with Gasteiger partial charge in [-0.3, -0.25) is 0 Å². The summed E-state index contributed by atoms with van der Waals surface area (Å²) in [4.78, 5) is 14.7. The molecule has 0 radical (unpaired) electrons. The van der Waals surface area contributed by atoms with Gasteiger partial charge in [0.2, 0.25) is 5.88 Å². The average Bonchev–Trinajstić information content (AvgIpc) is 2.58. The largest absolute Gasteiger partial charge is 0.512 e. The van der Waals surface area contributed by atoms with Crippen molar-refractivity contribution in [3.05, 3.63) is 83.6 Å². The van der Waals surface area contributed by atoms with E-state index in [4.69, 9.17) is 9.84 Å². The SMILES string of the molecule is Cc1c(-c2ccc(Cc3ccccc3)cc2)ccnc1OC(=O)O. The van der Waals surface area contributed by atoms with Gasteiger partial charge in [0.15, 0.2) is 0 Å². The molecular formula is C20H17NO3. The lowest BCUT2D eigenvalue weighted by Gasteiger charge is -2.10. The highest BCUT2D eigenvalue weighted by atomic mass is 16.7. The van der Waals surface area contributed by atoms with E-state index in [9.17, 15) is 4.79 Å². The summed E-state index contributed by atoms with van der Waals surface area (Å²) in [5.74, 6) is 0.119. The molecule has 1 heterocycles. The lowest BCUT2D eigenvalue weighted by molar-refractivity contribution is 0.142. The van der Waals surface area contributed by atoms with Crippen molar-refractivity contribution in [1.82, 2.24) is 4.98 Å². The molecule has 2 aromatic carbocycles. The number of carboxylic acid groups (broad SMARTS) is 1. The first-order chi connectivity index (χ1) is 11.6. The van der Waals surface area contributed by atoms with Crippen LogP contribution in [-0.2, 0) is 6.42 Å². The van der Waals surface area contributed by atoms with Crippen molar-refractivity contribution in [3.8, 4) is 17.0 Å². The first-order valence-electron chi connectivity index (χ1n) is 7.63. The molecule has 0 bridgehead atoms. The van der Waals surface area contributed by atoms with Gasteiger partial charge in [0.05, 0.1) is 0 Å². The van der Waals surface area contributed by atoms with E-state index in [1.54, 1.807) is 13.1 Å². The second-order valence-corrected chi connectivity index (χ2v) is 5.52. The average molecular weight is 319 g/mol. The Morgan fingerprint density at radius 2 is 1.67 bits per heavy atom. The third kappa shape index (κ3) is 3.60. The van der Waals surface area contributed by atoms with Gasteiger partial charge in [-0.05, 0) is 41.7 Å². The van der Waals surface area contributed by atoms with Crippen molar-refractivity contribution >= 4 is 6.16 Å². The molecule has 0 atom stereocenters. The van der Waals surface area contributed by atoms with Gasteiger partial charge in [0.1, 0.15) is 0 Å². The topological polar surface area (TPSA) is 59.4 Å². The molecule has 24 heavy (non-hydrogen) atoms. The molecule has 0 spiro atoms. The summed E-state index contributed by atoms with van der Waals surface area (Å²) in [5.41, 5.74) is 5.10. The van der Waals surface area contributed by atoms with Crippen molar-refractivity contribution in [2.75, 3.05) is 0 Å². The van der Waals surface area contributed by atoms with Crippen molar-refractivity contribution < 1.29 is 14.6 Å². The fraction of sp³-hybridized carbons (Fsp3) is 0.100. The van der Waals surface area contributed by atoms with Crippen LogP contribution in [0.25, 0.3) is 11.1 Å². The van der Waals surface area contributed by atoms with Crippen LogP contribution in [0.2, 0.25) is 0 Å². The number of aromatic nitrogens is 1. The predicted molar refractivity (Wildman–Crippen MR) is 92.3 cm³/mol. The van der Waals surface area contributed by atoms with E-state index in [1.165, 1.54) is 11.1 Å². The molecule has 3 rings (SSSR count). The van der Waals surface area contributed by atoms with Gasteiger partial charge < -0.3 is 9.84 Å². The number of hydrogen-bond acceptors (Lipinski definition) is 3. The molecule has 0 saturated heterocycles. The second-order valence-electron chi connectivity index (χ2n) is 5.52. The smallest absolute Gasteiger partial charge is 0.449 e. The summed E-state index contributed by atoms with van der Waals surface area (Å²) in [6.07, 6.45) is 1.07. The molecule has 0 aliphatic heterocycles. The van der Waals surface area contributed by atoms with Gasteiger partial charge in [-0.2, -0.15) is 0 Å². The summed E-state index contributed by atoms with van der Waals surface area (Å²) >= 11 is 0. The van der Waals surface area contributed by atoms with Crippen LogP contribution in [-0.4, -0.2) is 16.2 Å². The number of ether oxygens (including phenoxy) is 1. The molecule has 1 N–H and O–H groups in total. The maximum atomic E-state index is 10.7. The van der Waals surface area contributed by atoms with Gasteiger partial charge in [0, 0.05) is 11.8 Å². The molecule has 3 aromatic rings. The van der Waals surface area contributed by atoms with Crippen LogP contribution in [0.4, 0.5) is 4.79 Å². The second kappa shape index (κ2) is 6.96. The van der Waals surface area contributed by atoms with Gasteiger partial charge in [-0.25, -0.2) is 9.78 Å². The molecule has 0 aliphatic carbocycles. The fourth-order valence-corrected chi connectivity index (χ4v) is 2.65. The van der Waals surface area contributed by atoms with Crippen LogP contribution < -0.4 is 4.74 Å². The molecule has 120 valence electrons. The number of pyridine rings is 1. The summed E-state index contributed by atoms with van der Waals surface area (Å²) in [7, 11) is 0.